The molecule has 0 amide bonds. The minimum absolute atomic E-state index is 0.570. The van der Waals surface area contributed by atoms with Crippen LogP contribution in [0, 0.1) is 0 Å². The smallest absolute Gasteiger partial charge is 0.234 e. The highest BCUT2D eigenvalue weighted by molar-refractivity contribution is 4.86. The highest BCUT2D eigenvalue weighted by Crippen LogP contribution is 2.16. The summed E-state index contributed by atoms with van der Waals surface area (Å²) < 4.78 is 5.11. The number of aromatic nitrogens is 2. The quantitative estimate of drug-likeness (QED) is 0.0717. The zero-order chi connectivity index (χ0) is 27.5. The second-order valence-electron chi connectivity index (χ2n) is 12.6. The van der Waals surface area contributed by atoms with Gasteiger partial charge in [-0.3, -0.25) is 0 Å². The molecule has 0 N–H and O–H groups in total. The van der Waals surface area contributed by atoms with Crippen LogP contribution in [0.4, 0.5) is 0 Å². The van der Waals surface area contributed by atoms with E-state index >= 15 is 0 Å². The molecule has 1 aromatic rings. The van der Waals surface area contributed by atoms with Gasteiger partial charge in [0.05, 0.1) is 12.6 Å². The zero-order valence-corrected chi connectivity index (χ0v) is 26.9. The maximum Gasteiger partial charge on any atom is 0.256 e. The van der Waals surface area contributed by atoms with Crippen molar-refractivity contribution in [3.8, 4) is 0 Å². The van der Waals surface area contributed by atoms with Crippen LogP contribution in [-0.4, -0.2) is 4.57 Å². The lowest BCUT2D eigenvalue weighted by molar-refractivity contribution is -0.704. The topological polar surface area (TPSA) is 8.81 Å². The van der Waals surface area contributed by atoms with Crippen molar-refractivity contribution in [2.75, 3.05) is 0 Å². The Balaban J connectivity index is 2.04. The lowest BCUT2D eigenvalue weighted by Crippen LogP contribution is -2.37. The van der Waals surface area contributed by atoms with E-state index in [1.807, 2.05) is 0 Å². The molecule has 0 unspecified atom stereocenters. The Bertz CT molecular complexity index is 602. The van der Waals surface area contributed by atoms with E-state index in [9.17, 15) is 0 Å². The van der Waals surface area contributed by atoms with Crippen molar-refractivity contribution in [2.24, 2.45) is 0 Å². The minimum atomic E-state index is 0.570. The third kappa shape index (κ3) is 19.3. The number of hydrogen-bond acceptors (Lipinski definition) is 0. The highest BCUT2D eigenvalue weighted by atomic mass is 15.2. The van der Waals surface area contributed by atoms with Crippen LogP contribution in [0.2, 0.25) is 0 Å². The molecule has 2 heteroatoms. The van der Waals surface area contributed by atoms with Crippen molar-refractivity contribution >= 4 is 0 Å². The summed E-state index contributed by atoms with van der Waals surface area (Å²) in [6, 6.07) is 0.570. The monoisotopic (exact) mass is 532 g/mol. The summed E-state index contributed by atoms with van der Waals surface area (Å²) in [6.07, 6.45) is 43.3. The second kappa shape index (κ2) is 26.4. The lowest BCUT2D eigenvalue weighted by atomic mass is 10.0. The van der Waals surface area contributed by atoms with Gasteiger partial charge in [0.25, 0.3) is 5.82 Å². The van der Waals surface area contributed by atoms with Crippen LogP contribution in [0.15, 0.2) is 12.4 Å². The summed E-state index contributed by atoms with van der Waals surface area (Å²) in [5, 5.41) is 0. The van der Waals surface area contributed by atoms with Crippen LogP contribution in [0.3, 0.4) is 0 Å². The van der Waals surface area contributed by atoms with Gasteiger partial charge in [0, 0.05) is 6.42 Å². The van der Waals surface area contributed by atoms with Crippen molar-refractivity contribution in [3.63, 3.8) is 0 Å². The molecule has 1 heterocycles. The van der Waals surface area contributed by atoms with Gasteiger partial charge in [0.15, 0.2) is 0 Å². The van der Waals surface area contributed by atoms with Crippen molar-refractivity contribution < 1.29 is 4.57 Å². The van der Waals surface area contributed by atoms with Crippen LogP contribution in [0.25, 0.3) is 0 Å². The van der Waals surface area contributed by atoms with Crippen LogP contribution in [0.5, 0.6) is 0 Å². The lowest BCUT2D eigenvalue weighted by Gasteiger charge is -2.08. The van der Waals surface area contributed by atoms with Gasteiger partial charge in [0.2, 0.25) is 0 Å². The van der Waals surface area contributed by atoms with Gasteiger partial charge in [-0.05, 0) is 33.1 Å². The van der Waals surface area contributed by atoms with E-state index in [2.05, 4.69) is 49.2 Å². The van der Waals surface area contributed by atoms with Gasteiger partial charge in [-0.2, -0.15) is 0 Å². The van der Waals surface area contributed by atoms with E-state index in [0.29, 0.717) is 6.04 Å². The van der Waals surface area contributed by atoms with Gasteiger partial charge >= 0.3 is 0 Å². The Labute approximate surface area is 240 Å². The van der Waals surface area contributed by atoms with E-state index in [-0.39, 0.29) is 0 Å². The molecular formula is C36H71N2+. The minimum Gasteiger partial charge on any atom is -0.234 e. The normalized spacial score (nSPS) is 11.7. The van der Waals surface area contributed by atoms with Crippen LogP contribution < -0.4 is 4.57 Å². The first-order valence-electron chi connectivity index (χ1n) is 17.8. The largest absolute Gasteiger partial charge is 0.256 e. The molecule has 0 radical (unpaired) electrons. The van der Waals surface area contributed by atoms with Gasteiger partial charge in [-0.25, -0.2) is 9.13 Å². The molecule has 0 saturated heterocycles. The van der Waals surface area contributed by atoms with Gasteiger partial charge < -0.3 is 0 Å². The van der Waals surface area contributed by atoms with Crippen molar-refractivity contribution in [3.05, 3.63) is 18.2 Å². The average molecular weight is 532 g/mol. The van der Waals surface area contributed by atoms with Gasteiger partial charge in [-0.15, -0.1) is 0 Å². The second-order valence-corrected chi connectivity index (χ2v) is 12.6. The van der Waals surface area contributed by atoms with E-state index in [1.165, 1.54) is 180 Å². The number of unbranched alkanes of at least 4 members (excludes halogenated alkanes) is 24. The van der Waals surface area contributed by atoms with Gasteiger partial charge in [0.1, 0.15) is 12.4 Å². The molecule has 1 rings (SSSR count). The molecule has 0 atom stereocenters. The molecule has 0 bridgehead atoms. The third-order valence-corrected chi connectivity index (χ3v) is 8.60. The summed E-state index contributed by atoms with van der Waals surface area (Å²) >= 11 is 0. The fourth-order valence-corrected chi connectivity index (χ4v) is 6.02. The molecule has 38 heavy (non-hydrogen) atoms. The summed E-state index contributed by atoms with van der Waals surface area (Å²) in [7, 11) is 0. The third-order valence-electron chi connectivity index (χ3n) is 8.60. The van der Waals surface area contributed by atoms with Crippen molar-refractivity contribution in [2.45, 2.75) is 214 Å². The first-order valence-corrected chi connectivity index (χ1v) is 17.8. The van der Waals surface area contributed by atoms with E-state index in [4.69, 9.17) is 0 Å². The number of hydrogen-bond donors (Lipinski definition) is 0. The molecule has 0 aliphatic carbocycles. The number of rotatable bonds is 29. The van der Waals surface area contributed by atoms with Crippen LogP contribution in [-0.2, 0) is 13.0 Å². The molecule has 0 saturated carbocycles. The molecule has 224 valence electrons. The Morgan fingerprint density at radius 2 is 0.842 bits per heavy atom. The molecule has 0 aliphatic heterocycles. The summed E-state index contributed by atoms with van der Waals surface area (Å²) in [4.78, 5) is 0. The predicted molar refractivity (Wildman–Crippen MR) is 170 cm³/mol. The standard InChI is InChI=1S/C36H71N2/c1-5-7-9-11-13-15-16-17-18-19-20-21-22-23-25-27-29-31-36-37(33-34-38(36)35(3)4)32-30-28-26-24-14-12-10-8-6-2/h33-35H,5-32H2,1-4H3/q+1. The average Bonchev–Trinajstić information content (AvgIpc) is 3.32. The van der Waals surface area contributed by atoms with Crippen molar-refractivity contribution in [1.29, 1.82) is 0 Å². The molecule has 2 nitrogen and oxygen atoms in total. The van der Waals surface area contributed by atoms with E-state index in [0.717, 1.165) is 0 Å². The van der Waals surface area contributed by atoms with E-state index < -0.39 is 0 Å². The molecule has 0 aliphatic rings. The maximum atomic E-state index is 2.58. The van der Waals surface area contributed by atoms with Crippen LogP contribution >= 0.6 is 0 Å². The van der Waals surface area contributed by atoms with Crippen molar-refractivity contribution in [1.82, 2.24) is 4.57 Å². The maximum absolute atomic E-state index is 2.58. The van der Waals surface area contributed by atoms with Crippen LogP contribution in [0.1, 0.15) is 207 Å². The first-order chi connectivity index (χ1) is 18.7. The highest BCUT2D eigenvalue weighted by Gasteiger charge is 2.18. The molecular weight excluding hydrogens is 460 g/mol. The number of aryl methyl sites for hydroxylation is 1. The Morgan fingerprint density at radius 3 is 1.21 bits per heavy atom. The SMILES string of the molecule is CCCCCCCCCCCCCCCCCCCc1n(C(C)C)cc[n+]1CCCCCCCCCCC. The predicted octanol–water partition coefficient (Wildman–Crippen LogP) is 12.1. The summed E-state index contributed by atoms with van der Waals surface area (Å²) in [5.74, 6) is 1.57. The Morgan fingerprint density at radius 1 is 0.500 bits per heavy atom. The molecule has 1 aromatic heterocycles. The van der Waals surface area contributed by atoms with Gasteiger partial charge in [-0.1, -0.05) is 162 Å². The number of nitrogens with zero attached hydrogens (tertiary/aromatic N) is 2. The Hall–Kier alpha value is -0.790. The number of imidazole rings is 1. The Kier molecular flexibility index (Phi) is 24.5. The fraction of sp³-hybridized carbons (Fsp3) is 0.917. The molecule has 0 spiro atoms. The van der Waals surface area contributed by atoms with E-state index in [1.54, 1.807) is 5.82 Å². The summed E-state index contributed by atoms with van der Waals surface area (Å²) in [5.41, 5.74) is 0. The fourth-order valence-electron chi connectivity index (χ4n) is 6.02. The zero-order valence-electron chi connectivity index (χ0n) is 26.9. The summed E-state index contributed by atoms with van der Waals surface area (Å²) in [6.45, 7) is 10.5. The molecule has 0 fully saturated rings. The molecule has 0 aromatic carbocycles. The first kappa shape index (κ1) is 35.2.